The molecule has 1 atom stereocenters. The first-order valence-electron chi connectivity index (χ1n) is 7.33. The van der Waals surface area contributed by atoms with Gasteiger partial charge < -0.3 is 10.2 Å². The van der Waals surface area contributed by atoms with Gasteiger partial charge in [-0.25, -0.2) is 0 Å². The highest BCUT2D eigenvalue weighted by molar-refractivity contribution is 7.99. The van der Waals surface area contributed by atoms with E-state index in [1.54, 1.807) is 11.8 Å². The summed E-state index contributed by atoms with van der Waals surface area (Å²) in [5, 5.41) is 18.3. The van der Waals surface area contributed by atoms with Gasteiger partial charge in [0.25, 0.3) is 0 Å². The molecule has 0 aliphatic rings. The van der Waals surface area contributed by atoms with Crippen LogP contribution in [0.5, 0.6) is 0 Å². The molecule has 2 N–H and O–H groups in total. The van der Waals surface area contributed by atoms with E-state index in [1.807, 2.05) is 26.0 Å². The quantitative estimate of drug-likeness (QED) is 0.714. The molecule has 0 heterocycles. The lowest BCUT2D eigenvalue weighted by Crippen LogP contribution is -2.34. The van der Waals surface area contributed by atoms with Crippen LogP contribution in [0.3, 0.4) is 0 Å². The van der Waals surface area contributed by atoms with Crippen molar-refractivity contribution in [1.29, 1.82) is 0 Å². The van der Waals surface area contributed by atoms with Gasteiger partial charge in [-0.3, -0.25) is 4.79 Å². The number of aliphatic hydroxyl groups is 1. The molecule has 0 aliphatic carbocycles. The molecule has 0 aromatic heterocycles. The number of aliphatic carboxylic acids is 1. The number of rotatable bonds is 8. The first-order chi connectivity index (χ1) is 9.75. The minimum atomic E-state index is -0.729. The lowest BCUT2D eigenvalue weighted by atomic mass is 9.69. The van der Waals surface area contributed by atoms with Crippen molar-refractivity contribution < 1.29 is 15.0 Å². The van der Waals surface area contributed by atoms with Gasteiger partial charge in [0.1, 0.15) is 0 Å². The largest absolute Gasteiger partial charge is 0.481 e. The zero-order valence-corrected chi connectivity index (χ0v) is 14.2. The van der Waals surface area contributed by atoms with Crippen LogP contribution in [-0.2, 0) is 10.2 Å². The molecule has 0 bridgehead atoms. The molecular weight excluding hydrogens is 284 g/mol. The molecule has 118 valence electrons. The first-order valence-corrected chi connectivity index (χ1v) is 8.31. The fraction of sp³-hybridized carbons (Fsp3) is 0.588. The van der Waals surface area contributed by atoms with Crippen LogP contribution in [0.15, 0.2) is 29.2 Å². The van der Waals surface area contributed by atoms with Crippen molar-refractivity contribution in [3.8, 4) is 0 Å². The molecule has 1 unspecified atom stereocenters. The van der Waals surface area contributed by atoms with Gasteiger partial charge >= 0.3 is 5.97 Å². The van der Waals surface area contributed by atoms with Gasteiger partial charge in [-0.1, -0.05) is 32.9 Å². The Morgan fingerprint density at radius 1 is 1.19 bits per heavy atom. The Kier molecular flexibility index (Phi) is 6.29. The summed E-state index contributed by atoms with van der Waals surface area (Å²) in [5.41, 5.74) is 0.258. The third-order valence-electron chi connectivity index (χ3n) is 4.12. The predicted octanol–water partition coefficient (Wildman–Crippen LogP) is 3.94. The van der Waals surface area contributed by atoms with Crippen molar-refractivity contribution >= 4 is 17.7 Å². The highest BCUT2D eigenvalue weighted by Gasteiger charge is 2.38. The summed E-state index contributed by atoms with van der Waals surface area (Å²) in [6, 6.07) is 8.22. The highest BCUT2D eigenvalue weighted by Crippen LogP contribution is 2.39. The Hall–Kier alpha value is -1.00. The van der Waals surface area contributed by atoms with Crippen molar-refractivity contribution in [2.24, 2.45) is 5.41 Å². The standard InChI is InChI=1S/C17H26O3S/c1-5-17(4,15(19)20)12-16(2,3)13-6-8-14(9-7-13)21-11-10-18/h6-9,18H,5,10-12H2,1-4H3,(H,19,20). The van der Waals surface area contributed by atoms with Gasteiger partial charge in [-0.15, -0.1) is 11.8 Å². The van der Waals surface area contributed by atoms with E-state index >= 15 is 0 Å². The second-order valence-electron chi connectivity index (χ2n) is 6.38. The fourth-order valence-electron chi connectivity index (χ4n) is 2.60. The molecule has 0 saturated heterocycles. The van der Waals surface area contributed by atoms with E-state index in [0.29, 0.717) is 18.6 Å². The molecule has 0 saturated carbocycles. The number of carbonyl (C=O) groups is 1. The molecule has 3 nitrogen and oxygen atoms in total. The lowest BCUT2D eigenvalue weighted by Gasteiger charge is -2.34. The summed E-state index contributed by atoms with van der Waals surface area (Å²) in [6.07, 6.45) is 1.23. The third-order valence-corrected chi connectivity index (χ3v) is 5.12. The minimum absolute atomic E-state index is 0.172. The van der Waals surface area contributed by atoms with Gasteiger partial charge in [0.05, 0.1) is 12.0 Å². The fourth-order valence-corrected chi connectivity index (χ4v) is 3.25. The summed E-state index contributed by atoms with van der Waals surface area (Å²) in [6.45, 7) is 8.12. The number of carboxylic acid groups (broad SMARTS) is 1. The Labute approximate surface area is 131 Å². The zero-order chi connectivity index (χ0) is 16.1. The maximum absolute atomic E-state index is 11.5. The monoisotopic (exact) mass is 310 g/mol. The lowest BCUT2D eigenvalue weighted by molar-refractivity contribution is -0.149. The number of carboxylic acids is 1. The topological polar surface area (TPSA) is 57.5 Å². The number of thioether (sulfide) groups is 1. The van der Waals surface area contributed by atoms with E-state index < -0.39 is 11.4 Å². The van der Waals surface area contributed by atoms with Gasteiger partial charge in [-0.05, 0) is 42.9 Å². The Morgan fingerprint density at radius 3 is 2.19 bits per heavy atom. The number of hydrogen-bond acceptors (Lipinski definition) is 3. The number of benzene rings is 1. The zero-order valence-electron chi connectivity index (χ0n) is 13.3. The molecule has 1 aromatic rings. The molecule has 1 aromatic carbocycles. The molecule has 4 heteroatoms. The molecule has 0 radical (unpaired) electrons. The van der Waals surface area contributed by atoms with Crippen LogP contribution in [0.4, 0.5) is 0 Å². The molecular formula is C17H26O3S. The SMILES string of the molecule is CCC(C)(CC(C)(C)c1ccc(SCCO)cc1)C(=O)O. The Morgan fingerprint density at radius 2 is 1.76 bits per heavy atom. The second-order valence-corrected chi connectivity index (χ2v) is 7.54. The van der Waals surface area contributed by atoms with E-state index in [9.17, 15) is 9.90 Å². The average Bonchev–Trinajstić information content (AvgIpc) is 2.44. The molecule has 0 spiro atoms. The Bertz CT molecular complexity index is 467. The minimum Gasteiger partial charge on any atom is -0.481 e. The van der Waals surface area contributed by atoms with Gasteiger partial charge in [0.15, 0.2) is 0 Å². The first kappa shape index (κ1) is 18.1. The number of aliphatic hydroxyl groups excluding tert-OH is 1. The van der Waals surface area contributed by atoms with Gasteiger partial charge in [-0.2, -0.15) is 0 Å². The van der Waals surface area contributed by atoms with Crippen LogP contribution in [0.2, 0.25) is 0 Å². The van der Waals surface area contributed by atoms with E-state index in [2.05, 4.69) is 26.0 Å². The normalized spacial score (nSPS) is 14.7. The van der Waals surface area contributed by atoms with Crippen molar-refractivity contribution in [3.63, 3.8) is 0 Å². The maximum Gasteiger partial charge on any atom is 0.309 e. The van der Waals surface area contributed by atoms with Crippen LogP contribution in [0, 0.1) is 5.41 Å². The van der Waals surface area contributed by atoms with E-state index in [-0.39, 0.29) is 12.0 Å². The molecule has 0 aliphatic heterocycles. The molecule has 0 amide bonds. The maximum atomic E-state index is 11.5. The number of hydrogen-bond donors (Lipinski definition) is 2. The van der Waals surface area contributed by atoms with Crippen molar-refractivity contribution in [1.82, 2.24) is 0 Å². The van der Waals surface area contributed by atoms with Crippen molar-refractivity contribution in [2.45, 2.75) is 50.8 Å². The highest BCUT2D eigenvalue weighted by atomic mass is 32.2. The predicted molar refractivity (Wildman–Crippen MR) is 87.9 cm³/mol. The van der Waals surface area contributed by atoms with Crippen LogP contribution in [0.1, 0.15) is 46.1 Å². The summed E-state index contributed by atoms with van der Waals surface area (Å²) >= 11 is 1.62. The van der Waals surface area contributed by atoms with Crippen LogP contribution in [-0.4, -0.2) is 28.5 Å². The van der Waals surface area contributed by atoms with Crippen molar-refractivity contribution in [3.05, 3.63) is 29.8 Å². The van der Waals surface area contributed by atoms with Crippen LogP contribution < -0.4 is 0 Å². The second kappa shape index (κ2) is 7.32. The summed E-state index contributed by atoms with van der Waals surface area (Å²) < 4.78 is 0. The summed E-state index contributed by atoms with van der Waals surface area (Å²) in [4.78, 5) is 12.6. The molecule has 1 rings (SSSR count). The van der Waals surface area contributed by atoms with Crippen LogP contribution in [0.25, 0.3) is 0 Å². The van der Waals surface area contributed by atoms with E-state index in [0.717, 1.165) is 10.5 Å². The van der Waals surface area contributed by atoms with Gasteiger partial charge in [0.2, 0.25) is 0 Å². The van der Waals surface area contributed by atoms with E-state index in [4.69, 9.17) is 5.11 Å². The smallest absolute Gasteiger partial charge is 0.309 e. The summed E-state index contributed by atoms with van der Waals surface area (Å²) in [7, 11) is 0. The molecule has 21 heavy (non-hydrogen) atoms. The van der Waals surface area contributed by atoms with Crippen LogP contribution >= 0.6 is 11.8 Å². The van der Waals surface area contributed by atoms with Crippen molar-refractivity contribution in [2.75, 3.05) is 12.4 Å². The van der Waals surface area contributed by atoms with E-state index in [1.165, 1.54) is 0 Å². The third kappa shape index (κ3) is 4.75. The Balaban J connectivity index is 2.89. The van der Waals surface area contributed by atoms with Gasteiger partial charge in [0, 0.05) is 10.6 Å². The molecule has 0 fully saturated rings. The summed E-state index contributed by atoms with van der Waals surface area (Å²) in [5.74, 6) is -0.0384. The average molecular weight is 310 g/mol.